The number of nitrogens with zero attached hydrogens (tertiary/aromatic N) is 5. The van der Waals surface area contributed by atoms with Gasteiger partial charge < -0.3 is 10.2 Å². The lowest BCUT2D eigenvalue weighted by atomic mass is 10.0. The average molecular weight is 415 g/mol. The minimum Gasteiger partial charge on any atom is -0.364 e. The van der Waals surface area contributed by atoms with Crippen molar-refractivity contribution in [3.8, 4) is 11.4 Å². The SMILES string of the molecule is Cc1cnc(NC2CC3CC2N(C(=O)c2ccc(C)nc2-c2ncccc2C)C3)cn1. The van der Waals surface area contributed by atoms with E-state index in [1.807, 2.05) is 49.9 Å². The second-order valence-corrected chi connectivity index (χ2v) is 8.67. The molecule has 7 heteroatoms. The topological polar surface area (TPSA) is 83.9 Å². The maximum Gasteiger partial charge on any atom is 0.256 e. The van der Waals surface area contributed by atoms with E-state index < -0.39 is 0 Å². The van der Waals surface area contributed by atoms with E-state index in [9.17, 15) is 4.79 Å². The van der Waals surface area contributed by atoms with Gasteiger partial charge in [-0.3, -0.25) is 19.7 Å². The molecule has 2 aliphatic rings. The van der Waals surface area contributed by atoms with Gasteiger partial charge in [0.15, 0.2) is 0 Å². The predicted molar refractivity (Wildman–Crippen MR) is 119 cm³/mol. The molecule has 158 valence electrons. The molecule has 3 atom stereocenters. The maximum absolute atomic E-state index is 13.7. The number of aromatic nitrogens is 4. The molecule has 1 saturated heterocycles. The van der Waals surface area contributed by atoms with E-state index in [4.69, 9.17) is 4.98 Å². The number of likely N-dealkylation sites (tertiary alicyclic amines) is 1. The van der Waals surface area contributed by atoms with Gasteiger partial charge in [0.25, 0.3) is 5.91 Å². The summed E-state index contributed by atoms with van der Waals surface area (Å²) < 4.78 is 0. The lowest BCUT2D eigenvalue weighted by Crippen LogP contribution is -2.48. The van der Waals surface area contributed by atoms with Gasteiger partial charge in [0, 0.05) is 24.5 Å². The van der Waals surface area contributed by atoms with Crippen LogP contribution < -0.4 is 5.32 Å². The van der Waals surface area contributed by atoms with Crippen LogP contribution in [-0.2, 0) is 0 Å². The molecule has 1 amide bonds. The highest BCUT2D eigenvalue weighted by molar-refractivity contribution is 6.00. The Bertz CT molecular complexity index is 1130. The van der Waals surface area contributed by atoms with Crippen LogP contribution >= 0.6 is 0 Å². The van der Waals surface area contributed by atoms with Gasteiger partial charge in [0.05, 0.1) is 35.4 Å². The zero-order valence-corrected chi connectivity index (χ0v) is 18.0. The van der Waals surface area contributed by atoms with Gasteiger partial charge in [-0.15, -0.1) is 0 Å². The van der Waals surface area contributed by atoms with Crippen LogP contribution in [-0.4, -0.2) is 49.4 Å². The zero-order chi connectivity index (χ0) is 21.5. The number of carbonyl (C=O) groups excluding carboxylic acids is 1. The third-order valence-corrected chi connectivity index (χ3v) is 6.36. The lowest BCUT2D eigenvalue weighted by Gasteiger charge is -2.34. The molecule has 0 radical (unpaired) electrons. The molecule has 0 aromatic carbocycles. The summed E-state index contributed by atoms with van der Waals surface area (Å²) in [6.07, 6.45) is 7.33. The summed E-state index contributed by atoms with van der Waals surface area (Å²) in [4.78, 5) is 33.7. The Morgan fingerprint density at radius 1 is 1.00 bits per heavy atom. The normalized spacial score (nSPS) is 22.0. The molecule has 1 aliphatic heterocycles. The van der Waals surface area contributed by atoms with Gasteiger partial charge in [-0.25, -0.2) is 4.98 Å². The van der Waals surface area contributed by atoms with Crippen molar-refractivity contribution in [3.63, 3.8) is 0 Å². The molecule has 2 fully saturated rings. The molecule has 3 aromatic heterocycles. The molecule has 1 N–H and O–H groups in total. The lowest BCUT2D eigenvalue weighted by molar-refractivity contribution is 0.0692. The fraction of sp³-hybridized carbons (Fsp3) is 0.375. The van der Waals surface area contributed by atoms with E-state index in [-0.39, 0.29) is 18.0 Å². The number of anilines is 1. The van der Waals surface area contributed by atoms with Crippen LogP contribution in [0.3, 0.4) is 0 Å². The molecule has 4 heterocycles. The van der Waals surface area contributed by atoms with Crippen LogP contribution in [0.15, 0.2) is 42.9 Å². The van der Waals surface area contributed by atoms with Gasteiger partial charge in [0.1, 0.15) is 11.5 Å². The number of carbonyl (C=O) groups is 1. The quantitative estimate of drug-likeness (QED) is 0.703. The number of piperidine rings is 1. The van der Waals surface area contributed by atoms with Crippen molar-refractivity contribution in [3.05, 3.63) is 65.4 Å². The highest BCUT2D eigenvalue weighted by Gasteiger charge is 2.47. The highest BCUT2D eigenvalue weighted by Crippen LogP contribution is 2.40. The zero-order valence-electron chi connectivity index (χ0n) is 18.0. The molecular weight excluding hydrogens is 388 g/mol. The van der Waals surface area contributed by atoms with Crippen LogP contribution in [0.1, 0.15) is 40.2 Å². The number of aryl methyl sites for hydroxylation is 3. The minimum absolute atomic E-state index is 0.0292. The first-order valence-corrected chi connectivity index (χ1v) is 10.8. The van der Waals surface area contributed by atoms with Gasteiger partial charge in [-0.05, 0) is 63.3 Å². The number of amides is 1. The summed E-state index contributed by atoms with van der Waals surface area (Å²) >= 11 is 0. The van der Waals surface area contributed by atoms with E-state index in [1.165, 1.54) is 0 Å². The Hall–Kier alpha value is -3.35. The molecule has 7 nitrogen and oxygen atoms in total. The second kappa shape index (κ2) is 7.72. The Kier molecular flexibility index (Phi) is 4.88. The van der Waals surface area contributed by atoms with Crippen molar-refractivity contribution in [2.75, 3.05) is 11.9 Å². The van der Waals surface area contributed by atoms with E-state index in [0.29, 0.717) is 17.2 Å². The predicted octanol–water partition coefficient (Wildman–Crippen LogP) is 3.57. The van der Waals surface area contributed by atoms with Crippen LogP contribution in [0.4, 0.5) is 5.82 Å². The van der Waals surface area contributed by atoms with E-state index in [0.717, 1.165) is 47.8 Å². The highest BCUT2D eigenvalue weighted by atomic mass is 16.2. The number of rotatable bonds is 4. The Morgan fingerprint density at radius 3 is 2.61 bits per heavy atom. The third kappa shape index (κ3) is 3.65. The van der Waals surface area contributed by atoms with E-state index in [1.54, 1.807) is 18.6 Å². The summed E-state index contributed by atoms with van der Waals surface area (Å²) in [5.41, 5.74) is 4.82. The first kappa shape index (κ1) is 19.6. The third-order valence-electron chi connectivity index (χ3n) is 6.36. The molecule has 3 aromatic rings. The van der Waals surface area contributed by atoms with Crippen LogP contribution in [0.2, 0.25) is 0 Å². The fourth-order valence-corrected chi connectivity index (χ4v) is 4.87. The van der Waals surface area contributed by atoms with Crippen molar-refractivity contribution in [2.45, 2.75) is 45.7 Å². The molecular formula is C24H26N6O. The molecule has 2 bridgehead atoms. The van der Waals surface area contributed by atoms with E-state index in [2.05, 4.69) is 20.3 Å². The maximum atomic E-state index is 13.7. The Labute approximate surface area is 182 Å². The molecule has 5 rings (SSSR count). The number of pyridine rings is 2. The molecule has 1 saturated carbocycles. The molecule has 3 unspecified atom stereocenters. The van der Waals surface area contributed by atoms with Crippen molar-refractivity contribution in [2.24, 2.45) is 5.92 Å². The molecule has 31 heavy (non-hydrogen) atoms. The fourth-order valence-electron chi connectivity index (χ4n) is 4.87. The van der Waals surface area contributed by atoms with Crippen molar-refractivity contribution >= 4 is 11.7 Å². The number of fused-ring (bicyclic) bond motifs is 2. The van der Waals surface area contributed by atoms with Crippen LogP contribution in [0.25, 0.3) is 11.4 Å². The Balaban J connectivity index is 1.43. The van der Waals surface area contributed by atoms with Gasteiger partial charge >= 0.3 is 0 Å². The first-order chi connectivity index (χ1) is 15.0. The summed E-state index contributed by atoms with van der Waals surface area (Å²) in [7, 11) is 0. The van der Waals surface area contributed by atoms with Crippen molar-refractivity contribution in [1.82, 2.24) is 24.8 Å². The van der Waals surface area contributed by atoms with Gasteiger partial charge in [-0.1, -0.05) is 6.07 Å². The van der Waals surface area contributed by atoms with Crippen molar-refractivity contribution < 1.29 is 4.79 Å². The summed E-state index contributed by atoms with van der Waals surface area (Å²) in [5.74, 6) is 1.29. The summed E-state index contributed by atoms with van der Waals surface area (Å²) in [5, 5.41) is 3.50. The minimum atomic E-state index is 0.0292. The standard InChI is InChI=1S/C24H26N6O/c1-14-5-4-8-25-22(14)23-18(7-6-15(2)28-23)24(31)30-13-17-9-19(20(30)10-17)29-21-12-26-16(3)11-27-21/h4-8,11-12,17,19-20H,9-10,13H2,1-3H3,(H,27,29). The van der Waals surface area contributed by atoms with Gasteiger partial charge in [-0.2, -0.15) is 0 Å². The largest absolute Gasteiger partial charge is 0.364 e. The smallest absolute Gasteiger partial charge is 0.256 e. The second-order valence-electron chi connectivity index (χ2n) is 8.67. The number of hydrogen-bond acceptors (Lipinski definition) is 6. The van der Waals surface area contributed by atoms with E-state index >= 15 is 0 Å². The average Bonchev–Trinajstić information content (AvgIpc) is 3.36. The van der Waals surface area contributed by atoms with Gasteiger partial charge in [0.2, 0.25) is 0 Å². The van der Waals surface area contributed by atoms with Crippen molar-refractivity contribution in [1.29, 1.82) is 0 Å². The van der Waals surface area contributed by atoms with Crippen LogP contribution in [0, 0.1) is 26.7 Å². The summed E-state index contributed by atoms with van der Waals surface area (Å²) in [6, 6.07) is 8.02. The number of hydrogen-bond donors (Lipinski definition) is 1. The summed E-state index contributed by atoms with van der Waals surface area (Å²) in [6.45, 7) is 6.65. The number of nitrogens with one attached hydrogen (secondary N) is 1. The monoisotopic (exact) mass is 414 g/mol. The molecule has 0 spiro atoms. The first-order valence-electron chi connectivity index (χ1n) is 10.8. The Morgan fingerprint density at radius 2 is 1.87 bits per heavy atom. The van der Waals surface area contributed by atoms with Crippen LogP contribution in [0.5, 0.6) is 0 Å². The molecule has 1 aliphatic carbocycles.